The molecule has 1 aromatic heterocycles. The van der Waals surface area contributed by atoms with Gasteiger partial charge in [-0.3, -0.25) is 0 Å². The third-order valence-corrected chi connectivity index (χ3v) is 3.28. The van der Waals surface area contributed by atoms with Gasteiger partial charge in [0.15, 0.2) is 0 Å². The molecule has 1 aliphatic rings. The van der Waals surface area contributed by atoms with Gasteiger partial charge in [-0.25, -0.2) is 4.98 Å². The monoisotopic (exact) mass is 198 g/mol. The Morgan fingerprint density at radius 2 is 2.46 bits per heavy atom. The molecule has 0 spiro atoms. The molecule has 4 heteroatoms. The molecule has 1 aromatic rings. The molecule has 3 nitrogen and oxygen atoms in total. The molecular formula is C9H14N2OS. The standard InChI is InChI=1S/C9H14N2OS/c1-6-5-13-9(10-6)7(2)11-8-3-12-4-8/h5,7-8,11H,3-4H2,1-2H3. The van der Waals surface area contributed by atoms with Crippen molar-refractivity contribution < 1.29 is 4.74 Å². The van der Waals surface area contributed by atoms with Crippen LogP contribution in [0.1, 0.15) is 23.7 Å². The summed E-state index contributed by atoms with van der Waals surface area (Å²) in [5.41, 5.74) is 1.11. The lowest BCUT2D eigenvalue weighted by molar-refractivity contribution is -0.00926. The summed E-state index contributed by atoms with van der Waals surface area (Å²) in [5, 5.41) is 6.73. The minimum absolute atomic E-state index is 0.354. The van der Waals surface area contributed by atoms with Crippen molar-refractivity contribution in [3.8, 4) is 0 Å². The normalized spacial score (nSPS) is 19.8. The van der Waals surface area contributed by atoms with Crippen LogP contribution in [-0.2, 0) is 4.74 Å². The van der Waals surface area contributed by atoms with Crippen LogP contribution in [0.4, 0.5) is 0 Å². The van der Waals surface area contributed by atoms with Gasteiger partial charge in [0, 0.05) is 11.1 Å². The molecule has 2 rings (SSSR count). The van der Waals surface area contributed by atoms with Gasteiger partial charge in [0.05, 0.1) is 25.3 Å². The lowest BCUT2D eigenvalue weighted by atomic mass is 10.2. The number of hydrogen-bond acceptors (Lipinski definition) is 4. The number of ether oxygens (including phenoxy) is 1. The Morgan fingerprint density at radius 3 is 2.92 bits per heavy atom. The number of aromatic nitrogens is 1. The fraction of sp³-hybridized carbons (Fsp3) is 0.667. The highest BCUT2D eigenvalue weighted by molar-refractivity contribution is 7.09. The number of aryl methyl sites for hydroxylation is 1. The van der Waals surface area contributed by atoms with Gasteiger partial charge in [0.2, 0.25) is 0 Å². The van der Waals surface area contributed by atoms with Gasteiger partial charge in [-0.15, -0.1) is 11.3 Å². The predicted molar refractivity (Wildman–Crippen MR) is 53.0 cm³/mol. The fourth-order valence-electron chi connectivity index (χ4n) is 1.33. The van der Waals surface area contributed by atoms with E-state index in [4.69, 9.17) is 4.74 Å². The van der Waals surface area contributed by atoms with E-state index >= 15 is 0 Å². The predicted octanol–water partition coefficient (Wildman–Crippen LogP) is 1.50. The first-order chi connectivity index (χ1) is 6.25. The molecule has 1 N–H and O–H groups in total. The van der Waals surface area contributed by atoms with Crippen molar-refractivity contribution in [1.29, 1.82) is 0 Å². The molecule has 1 aliphatic heterocycles. The molecule has 72 valence electrons. The lowest BCUT2D eigenvalue weighted by Gasteiger charge is -2.29. The first-order valence-electron chi connectivity index (χ1n) is 4.51. The van der Waals surface area contributed by atoms with Crippen molar-refractivity contribution in [2.75, 3.05) is 13.2 Å². The molecule has 0 radical (unpaired) electrons. The molecule has 0 aliphatic carbocycles. The van der Waals surface area contributed by atoms with Crippen LogP contribution in [0.3, 0.4) is 0 Å². The zero-order valence-electron chi connectivity index (χ0n) is 7.91. The van der Waals surface area contributed by atoms with E-state index in [1.807, 2.05) is 6.92 Å². The number of hydrogen-bond donors (Lipinski definition) is 1. The highest BCUT2D eigenvalue weighted by Gasteiger charge is 2.21. The molecule has 1 fully saturated rings. The second kappa shape index (κ2) is 3.74. The van der Waals surface area contributed by atoms with Crippen molar-refractivity contribution in [2.24, 2.45) is 0 Å². The molecule has 0 bridgehead atoms. The molecule has 0 saturated carbocycles. The zero-order chi connectivity index (χ0) is 9.26. The van der Waals surface area contributed by atoms with Gasteiger partial charge in [-0.2, -0.15) is 0 Å². The van der Waals surface area contributed by atoms with E-state index in [1.54, 1.807) is 11.3 Å². The van der Waals surface area contributed by atoms with Crippen LogP contribution in [0.15, 0.2) is 5.38 Å². The van der Waals surface area contributed by atoms with Crippen molar-refractivity contribution in [3.05, 3.63) is 16.1 Å². The first-order valence-corrected chi connectivity index (χ1v) is 5.39. The Balaban J connectivity index is 1.92. The van der Waals surface area contributed by atoms with E-state index in [0.717, 1.165) is 18.9 Å². The Hall–Kier alpha value is -0.450. The highest BCUT2D eigenvalue weighted by atomic mass is 32.1. The average molecular weight is 198 g/mol. The summed E-state index contributed by atoms with van der Waals surface area (Å²) < 4.78 is 5.10. The van der Waals surface area contributed by atoms with Crippen molar-refractivity contribution in [3.63, 3.8) is 0 Å². The van der Waals surface area contributed by atoms with Crippen molar-refractivity contribution >= 4 is 11.3 Å². The summed E-state index contributed by atoms with van der Waals surface area (Å²) >= 11 is 1.72. The molecule has 0 amide bonds. The van der Waals surface area contributed by atoms with Gasteiger partial charge in [-0.05, 0) is 13.8 Å². The van der Waals surface area contributed by atoms with Crippen LogP contribution in [0.2, 0.25) is 0 Å². The topological polar surface area (TPSA) is 34.1 Å². The molecule has 1 saturated heterocycles. The smallest absolute Gasteiger partial charge is 0.110 e. The van der Waals surface area contributed by atoms with Crippen molar-refractivity contribution in [1.82, 2.24) is 10.3 Å². The molecule has 0 aromatic carbocycles. The van der Waals surface area contributed by atoms with Crippen LogP contribution in [-0.4, -0.2) is 24.2 Å². The maximum atomic E-state index is 5.10. The Labute approximate surface area is 82.1 Å². The minimum Gasteiger partial charge on any atom is -0.378 e. The third-order valence-electron chi connectivity index (χ3n) is 2.13. The van der Waals surface area contributed by atoms with E-state index < -0.39 is 0 Å². The SMILES string of the molecule is Cc1csc(C(C)NC2COC2)n1. The number of nitrogens with one attached hydrogen (secondary N) is 1. The Kier molecular flexibility index (Phi) is 2.62. The van der Waals surface area contributed by atoms with Gasteiger partial charge in [0.25, 0.3) is 0 Å². The van der Waals surface area contributed by atoms with Crippen LogP contribution < -0.4 is 5.32 Å². The van der Waals surface area contributed by atoms with Gasteiger partial charge >= 0.3 is 0 Å². The second-order valence-corrected chi connectivity index (χ2v) is 4.34. The second-order valence-electron chi connectivity index (χ2n) is 3.45. The molecular weight excluding hydrogens is 184 g/mol. The summed E-state index contributed by atoms with van der Waals surface area (Å²) in [6, 6.07) is 0.881. The van der Waals surface area contributed by atoms with Crippen LogP contribution in [0.5, 0.6) is 0 Å². The summed E-state index contributed by atoms with van der Waals surface area (Å²) in [6.45, 7) is 5.86. The fourth-order valence-corrected chi connectivity index (χ4v) is 2.14. The van der Waals surface area contributed by atoms with E-state index in [9.17, 15) is 0 Å². The van der Waals surface area contributed by atoms with E-state index in [-0.39, 0.29) is 0 Å². The molecule has 13 heavy (non-hydrogen) atoms. The minimum atomic E-state index is 0.354. The highest BCUT2D eigenvalue weighted by Crippen LogP contribution is 2.18. The maximum Gasteiger partial charge on any atom is 0.110 e. The maximum absolute atomic E-state index is 5.10. The van der Waals surface area contributed by atoms with Crippen LogP contribution in [0, 0.1) is 6.92 Å². The molecule has 2 heterocycles. The van der Waals surface area contributed by atoms with Gasteiger partial charge in [0.1, 0.15) is 5.01 Å². The summed E-state index contributed by atoms with van der Waals surface area (Å²) in [7, 11) is 0. The van der Waals surface area contributed by atoms with Gasteiger partial charge in [-0.1, -0.05) is 0 Å². The summed E-state index contributed by atoms with van der Waals surface area (Å²) in [4.78, 5) is 4.44. The summed E-state index contributed by atoms with van der Waals surface area (Å²) in [5.74, 6) is 0. The number of thiazole rings is 1. The quantitative estimate of drug-likeness (QED) is 0.799. The number of rotatable bonds is 3. The summed E-state index contributed by atoms with van der Waals surface area (Å²) in [6.07, 6.45) is 0. The van der Waals surface area contributed by atoms with Gasteiger partial charge < -0.3 is 10.1 Å². The molecule has 1 atom stereocenters. The van der Waals surface area contributed by atoms with Crippen LogP contribution >= 0.6 is 11.3 Å². The van der Waals surface area contributed by atoms with Crippen LogP contribution in [0.25, 0.3) is 0 Å². The van der Waals surface area contributed by atoms with Crippen molar-refractivity contribution in [2.45, 2.75) is 25.9 Å². The Morgan fingerprint density at radius 1 is 1.69 bits per heavy atom. The number of nitrogens with zero attached hydrogens (tertiary/aromatic N) is 1. The van der Waals surface area contributed by atoms with E-state index in [0.29, 0.717) is 12.1 Å². The van der Waals surface area contributed by atoms with E-state index in [1.165, 1.54) is 5.01 Å². The first kappa shape index (κ1) is 9.12. The third kappa shape index (κ3) is 2.07. The lowest BCUT2D eigenvalue weighted by Crippen LogP contribution is -2.46. The Bertz CT molecular complexity index is 283. The molecule has 1 unspecified atom stereocenters. The van der Waals surface area contributed by atoms with E-state index in [2.05, 4.69) is 22.6 Å². The zero-order valence-corrected chi connectivity index (χ0v) is 8.73. The average Bonchev–Trinajstić information content (AvgIpc) is 2.44. The largest absolute Gasteiger partial charge is 0.378 e.